The van der Waals surface area contributed by atoms with Crippen LogP contribution in [0.15, 0.2) is 24.4 Å². The normalized spacial score (nSPS) is 10.7. The minimum absolute atomic E-state index is 1.18. The van der Waals surface area contributed by atoms with Gasteiger partial charge in [0.25, 0.3) is 0 Å². The van der Waals surface area contributed by atoms with E-state index >= 15 is 0 Å². The second-order valence-corrected chi connectivity index (χ2v) is 3.48. The van der Waals surface area contributed by atoms with Crippen molar-refractivity contribution in [3.63, 3.8) is 0 Å². The molecule has 2 aromatic rings. The zero-order valence-corrected chi connectivity index (χ0v) is 8.24. The molecule has 0 aliphatic carbocycles. The van der Waals surface area contributed by atoms with E-state index in [4.69, 9.17) is 0 Å². The number of hydrogen-bond donors (Lipinski definition) is 0. The summed E-state index contributed by atoms with van der Waals surface area (Å²) >= 11 is 2.17. The lowest BCUT2D eigenvalue weighted by Gasteiger charge is -1.92. The van der Waals surface area contributed by atoms with Gasteiger partial charge in [-0.1, -0.05) is 11.6 Å². The van der Waals surface area contributed by atoms with E-state index < -0.39 is 0 Å². The summed E-state index contributed by atoms with van der Waals surface area (Å²) in [6, 6.07) is 6.32. The summed E-state index contributed by atoms with van der Waals surface area (Å²) in [5.74, 6) is 0. The van der Waals surface area contributed by atoms with Gasteiger partial charge in [0.05, 0.1) is 34.6 Å². The molecule has 3 heteroatoms. The number of hydrogen-bond acceptors (Lipinski definition) is 1. The van der Waals surface area contributed by atoms with Crippen LogP contribution in [0.3, 0.4) is 0 Å². The summed E-state index contributed by atoms with van der Waals surface area (Å²) in [7, 11) is 0. The van der Waals surface area contributed by atoms with E-state index in [9.17, 15) is 0 Å². The molecule has 0 saturated carbocycles. The molecule has 0 radical (unpaired) electrons. The van der Waals surface area contributed by atoms with Gasteiger partial charge < -0.3 is 0 Å². The Morgan fingerprint density at radius 2 is 2.27 bits per heavy atom. The fraction of sp³-hybridized carbons (Fsp3) is 0.125. The van der Waals surface area contributed by atoms with Gasteiger partial charge >= 0.3 is 0 Å². The quantitative estimate of drug-likeness (QED) is 0.664. The molecule has 0 aliphatic rings. The lowest BCUT2D eigenvalue weighted by atomic mass is 10.2. The van der Waals surface area contributed by atoms with Crippen molar-refractivity contribution in [1.82, 2.24) is 7.99 Å². The summed E-state index contributed by atoms with van der Waals surface area (Å²) in [5, 5.41) is 5.35. The Bertz CT molecular complexity index is 392. The largest absolute Gasteiger partial charge is 0.204 e. The molecular weight excluding hydrogens is 251 g/mol. The van der Waals surface area contributed by atoms with Crippen molar-refractivity contribution in [2.24, 2.45) is 0 Å². The molecule has 0 N–H and O–H groups in total. The number of nitrogens with zero attached hydrogens (tertiary/aromatic N) is 2. The van der Waals surface area contributed by atoms with E-state index in [-0.39, 0.29) is 0 Å². The lowest BCUT2D eigenvalue weighted by Crippen LogP contribution is -1.78. The monoisotopic (exact) mass is 258 g/mol. The van der Waals surface area contributed by atoms with E-state index in [0.717, 1.165) is 0 Å². The highest BCUT2D eigenvalue weighted by Gasteiger charge is 1.97. The highest BCUT2D eigenvalue weighted by Crippen LogP contribution is 2.16. The Morgan fingerprint density at radius 1 is 1.45 bits per heavy atom. The molecule has 0 aliphatic heterocycles. The van der Waals surface area contributed by atoms with Crippen molar-refractivity contribution < 1.29 is 0 Å². The summed E-state index contributed by atoms with van der Waals surface area (Å²) in [4.78, 5) is 0. The molecule has 56 valence electrons. The van der Waals surface area contributed by atoms with E-state index in [0.29, 0.717) is 0 Å². The molecule has 0 fully saturated rings. The van der Waals surface area contributed by atoms with Gasteiger partial charge in [-0.3, -0.25) is 0 Å². The van der Waals surface area contributed by atoms with Crippen molar-refractivity contribution in [2.45, 2.75) is 6.92 Å². The van der Waals surface area contributed by atoms with Crippen LogP contribution in [0, 0.1) is 6.92 Å². The SMILES string of the molecule is Cc1ccc2c(cnn2I)c1. The summed E-state index contributed by atoms with van der Waals surface area (Å²) < 4.78 is 1.85. The van der Waals surface area contributed by atoms with Gasteiger partial charge in [0.1, 0.15) is 0 Å². The molecule has 0 bridgehead atoms. The Kier molecular flexibility index (Phi) is 1.60. The Labute approximate surface area is 78.7 Å². The zero-order chi connectivity index (χ0) is 7.84. The predicted molar refractivity (Wildman–Crippen MR) is 53.9 cm³/mol. The highest BCUT2D eigenvalue weighted by atomic mass is 127. The molecule has 0 saturated heterocycles. The molecule has 1 aromatic heterocycles. The van der Waals surface area contributed by atoms with Gasteiger partial charge in [-0.05, 0) is 19.1 Å². The molecule has 0 atom stereocenters. The van der Waals surface area contributed by atoms with Crippen LogP contribution in [0.1, 0.15) is 5.56 Å². The number of fused-ring (bicyclic) bond motifs is 1. The third kappa shape index (κ3) is 1.13. The fourth-order valence-electron chi connectivity index (χ4n) is 1.12. The van der Waals surface area contributed by atoms with Crippen LogP contribution < -0.4 is 0 Å². The van der Waals surface area contributed by atoms with Gasteiger partial charge in [0.2, 0.25) is 0 Å². The van der Waals surface area contributed by atoms with Gasteiger partial charge in [-0.25, -0.2) is 2.90 Å². The van der Waals surface area contributed by atoms with Crippen molar-refractivity contribution in [3.8, 4) is 0 Å². The molecule has 1 aromatic carbocycles. The lowest BCUT2D eigenvalue weighted by molar-refractivity contribution is 1.09. The Hall–Kier alpha value is -0.580. The molecule has 2 rings (SSSR count). The predicted octanol–water partition coefficient (Wildman–Crippen LogP) is 2.54. The molecule has 0 amide bonds. The first-order valence-electron chi connectivity index (χ1n) is 3.38. The van der Waals surface area contributed by atoms with Crippen LogP contribution >= 0.6 is 22.9 Å². The van der Waals surface area contributed by atoms with Gasteiger partial charge in [-0.15, -0.1) is 0 Å². The van der Waals surface area contributed by atoms with Crippen LogP contribution in [0.25, 0.3) is 10.9 Å². The Morgan fingerprint density at radius 3 is 3.09 bits per heavy atom. The summed E-state index contributed by atoms with van der Waals surface area (Å²) in [5.41, 5.74) is 2.46. The first-order valence-corrected chi connectivity index (χ1v) is 4.34. The van der Waals surface area contributed by atoms with Gasteiger partial charge in [0.15, 0.2) is 0 Å². The summed E-state index contributed by atoms with van der Waals surface area (Å²) in [6.07, 6.45) is 1.88. The van der Waals surface area contributed by atoms with Gasteiger partial charge in [-0.2, -0.15) is 5.10 Å². The van der Waals surface area contributed by atoms with Crippen LogP contribution in [0.2, 0.25) is 0 Å². The third-order valence-corrected chi connectivity index (χ3v) is 2.45. The molecular formula is C8H7IN2. The van der Waals surface area contributed by atoms with Gasteiger partial charge in [0, 0.05) is 5.39 Å². The maximum atomic E-state index is 4.14. The first-order chi connectivity index (χ1) is 5.27. The number of aromatic nitrogens is 2. The molecule has 0 unspecified atom stereocenters. The van der Waals surface area contributed by atoms with E-state index in [1.807, 2.05) is 9.09 Å². The number of aryl methyl sites for hydroxylation is 1. The molecule has 2 nitrogen and oxygen atoms in total. The first kappa shape index (κ1) is 7.09. The third-order valence-electron chi connectivity index (χ3n) is 1.68. The Balaban J connectivity index is 2.86. The van der Waals surface area contributed by atoms with Crippen LogP contribution in [-0.2, 0) is 0 Å². The van der Waals surface area contributed by atoms with E-state index in [1.165, 1.54) is 16.5 Å². The van der Waals surface area contributed by atoms with Crippen molar-refractivity contribution >= 4 is 33.8 Å². The van der Waals surface area contributed by atoms with Crippen molar-refractivity contribution in [2.75, 3.05) is 0 Å². The fourth-order valence-corrected chi connectivity index (χ4v) is 1.68. The number of rotatable bonds is 0. The minimum Gasteiger partial charge on any atom is -0.204 e. The maximum Gasteiger partial charge on any atom is 0.0851 e. The maximum absolute atomic E-state index is 4.14. The summed E-state index contributed by atoms with van der Waals surface area (Å²) in [6.45, 7) is 2.09. The smallest absolute Gasteiger partial charge is 0.0851 e. The second kappa shape index (κ2) is 2.48. The number of benzene rings is 1. The van der Waals surface area contributed by atoms with E-state index in [2.05, 4.69) is 53.1 Å². The van der Waals surface area contributed by atoms with Crippen molar-refractivity contribution in [3.05, 3.63) is 30.0 Å². The van der Waals surface area contributed by atoms with E-state index in [1.54, 1.807) is 0 Å². The zero-order valence-electron chi connectivity index (χ0n) is 6.08. The standard InChI is InChI=1S/C8H7IN2/c1-6-2-3-8-7(4-6)5-10-11(8)9/h2-5H,1H3. The minimum atomic E-state index is 1.18. The average molecular weight is 258 g/mol. The molecule has 0 spiro atoms. The van der Waals surface area contributed by atoms with Crippen LogP contribution in [0.4, 0.5) is 0 Å². The van der Waals surface area contributed by atoms with Crippen LogP contribution in [0.5, 0.6) is 0 Å². The van der Waals surface area contributed by atoms with Crippen molar-refractivity contribution in [1.29, 1.82) is 0 Å². The average Bonchev–Trinajstić information content (AvgIpc) is 2.32. The molecule has 1 heterocycles. The molecule has 11 heavy (non-hydrogen) atoms. The topological polar surface area (TPSA) is 17.8 Å². The second-order valence-electron chi connectivity index (χ2n) is 2.57. The van der Waals surface area contributed by atoms with Crippen LogP contribution in [-0.4, -0.2) is 7.99 Å². The number of halogens is 1. The highest BCUT2D eigenvalue weighted by molar-refractivity contribution is 14.1.